The molecule has 2 atom stereocenters. The van der Waals surface area contributed by atoms with Crippen molar-refractivity contribution in [1.82, 2.24) is 36.1 Å². The maximum absolute atomic E-state index is 13.1. The predicted octanol–water partition coefficient (Wildman–Crippen LogP) is -1.13. The standard InChI is InChI=1S/C25H31N7O6/c33-21-13-19(25(37)27-7-10-32-9-3-6-22(32)34)31-23(35)17-4-1-2-5-20(17)38-11-8-28-24(36)18(30-21)12-16-14-26-15-29-16/h1-2,4-5,14-15,18-19H,3,6-13H2,(H,26,29)(H,27,37)(H,28,36)(H,30,33)(H,31,35)/t18-,19-/m0/s1. The van der Waals surface area contributed by atoms with Crippen LogP contribution in [0.1, 0.15) is 35.3 Å². The minimum absolute atomic E-state index is 0.0307. The fourth-order valence-corrected chi connectivity index (χ4v) is 4.33. The molecule has 5 amide bonds. The molecule has 202 valence electrons. The molecule has 1 saturated heterocycles. The van der Waals surface area contributed by atoms with Crippen LogP contribution in [0.2, 0.25) is 0 Å². The van der Waals surface area contributed by atoms with E-state index in [1.807, 2.05) is 0 Å². The molecular formula is C25H31N7O6. The Hall–Kier alpha value is -4.42. The molecular weight excluding hydrogens is 494 g/mol. The van der Waals surface area contributed by atoms with Gasteiger partial charge < -0.3 is 35.9 Å². The molecule has 4 rings (SSSR count). The highest BCUT2D eigenvalue weighted by atomic mass is 16.5. The van der Waals surface area contributed by atoms with Gasteiger partial charge in [0.25, 0.3) is 5.91 Å². The molecule has 3 heterocycles. The lowest BCUT2D eigenvalue weighted by molar-refractivity contribution is -0.131. The van der Waals surface area contributed by atoms with Gasteiger partial charge in [0.1, 0.15) is 24.4 Å². The number of imidazole rings is 1. The Morgan fingerprint density at radius 3 is 2.76 bits per heavy atom. The van der Waals surface area contributed by atoms with E-state index in [4.69, 9.17) is 4.74 Å². The van der Waals surface area contributed by atoms with Gasteiger partial charge in [0, 0.05) is 44.4 Å². The Morgan fingerprint density at radius 2 is 2.00 bits per heavy atom. The van der Waals surface area contributed by atoms with Crippen molar-refractivity contribution in [1.29, 1.82) is 0 Å². The van der Waals surface area contributed by atoms with Gasteiger partial charge in [-0.3, -0.25) is 24.0 Å². The van der Waals surface area contributed by atoms with Gasteiger partial charge in [-0.2, -0.15) is 0 Å². The molecule has 1 aromatic carbocycles. The first-order valence-electron chi connectivity index (χ1n) is 12.5. The molecule has 38 heavy (non-hydrogen) atoms. The summed E-state index contributed by atoms with van der Waals surface area (Å²) in [5, 5.41) is 10.7. The molecule has 5 N–H and O–H groups in total. The largest absolute Gasteiger partial charge is 0.491 e. The minimum atomic E-state index is -1.23. The number of amides is 5. The number of ether oxygens (including phenoxy) is 1. The van der Waals surface area contributed by atoms with Gasteiger partial charge in [-0.05, 0) is 18.6 Å². The molecule has 2 aromatic rings. The lowest BCUT2D eigenvalue weighted by Crippen LogP contribution is -2.53. The average molecular weight is 526 g/mol. The molecule has 13 nitrogen and oxygen atoms in total. The number of H-pyrrole nitrogens is 1. The summed E-state index contributed by atoms with van der Waals surface area (Å²) in [5.41, 5.74) is 0.824. The smallest absolute Gasteiger partial charge is 0.255 e. The Kier molecular flexibility index (Phi) is 8.90. The van der Waals surface area contributed by atoms with E-state index in [0.717, 1.165) is 6.42 Å². The summed E-state index contributed by atoms with van der Waals surface area (Å²) < 4.78 is 5.72. The number of fused-ring (bicyclic) bond motifs is 1. The van der Waals surface area contributed by atoms with Crippen molar-refractivity contribution in [3.05, 3.63) is 48.0 Å². The number of rotatable bonds is 6. The van der Waals surface area contributed by atoms with Crippen molar-refractivity contribution in [2.75, 3.05) is 32.8 Å². The van der Waals surface area contributed by atoms with Crippen LogP contribution in [0.4, 0.5) is 0 Å². The molecule has 1 aromatic heterocycles. The summed E-state index contributed by atoms with van der Waals surface area (Å²) in [4.78, 5) is 72.4. The van der Waals surface area contributed by atoms with Crippen LogP contribution in [-0.4, -0.2) is 89.3 Å². The maximum Gasteiger partial charge on any atom is 0.255 e. The molecule has 2 aliphatic rings. The van der Waals surface area contributed by atoms with Crippen molar-refractivity contribution >= 4 is 29.5 Å². The van der Waals surface area contributed by atoms with Crippen LogP contribution >= 0.6 is 0 Å². The van der Waals surface area contributed by atoms with Crippen LogP contribution < -0.4 is 26.0 Å². The zero-order valence-corrected chi connectivity index (χ0v) is 20.8. The van der Waals surface area contributed by atoms with Gasteiger partial charge in [0.05, 0.1) is 24.9 Å². The summed E-state index contributed by atoms with van der Waals surface area (Å²) in [5.74, 6) is -1.88. The lowest BCUT2D eigenvalue weighted by atomic mass is 10.1. The van der Waals surface area contributed by atoms with E-state index >= 15 is 0 Å². The third-order valence-corrected chi connectivity index (χ3v) is 6.28. The molecule has 1 fully saturated rings. The van der Waals surface area contributed by atoms with E-state index in [1.54, 1.807) is 35.4 Å². The Labute approximate surface area is 219 Å². The molecule has 0 radical (unpaired) electrons. The molecule has 0 saturated carbocycles. The summed E-state index contributed by atoms with van der Waals surface area (Å²) in [6, 6.07) is 4.33. The number of para-hydroxylation sites is 1. The first kappa shape index (κ1) is 26.6. The van der Waals surface area contributed by atoms with E-state index in [9.17, 15) is 24.0 Å². The molecule has 2 aliphatic heterocycles. The second-order valence-electron chi connectivity index (χ2n) is 9.04. The number of nitrogens with zero attached hydrogens (tertiary/aromatic N) is 2. The number of aromatic amines is 1. The number of hydrogen-bond acceptors (Lipinski definition) is 7. The highest BCUT2D eigenvalue weighted by Crippen LogP contribution is 2.18. The van der Waals surface area contributed by atoms with E-state index < -0.39 is 42.1 Å². The van der Waals surface area contributed by atoms with Crippen molar-refractivity contribution in [2.45, 2.75) is 37.8 Å². The monoisotopic (exact) mass is 525 g/mol. The van der Waals surface area contributed by atoms with E-state index in [2.05, 4.69) is 31.2 Å². The van der Waals surface area contributed by atoms with E-state index in [0.29, 0.717) is 25.2 Å². The van der Waals surface area contributed by atoms with Gasteiger partial charge in [0.15, 0.2) is 0 Å². The van der Waals surface area contributed by atoms with E-state index in [-0.39, 0.29) is 43.3 Å². The zero-order valence-electron chi connectivity index (χ0n) is 20.8. The maximum atomic E-state index is 13.1. The Morgan fingerprint density at radius 1 is 1.16 bits per heavy atom. The van der Waals surface area contributed by atoms with Crippen molar-refractivity contribution < 1.29 is 28.7 Å². The summed E-state index contributed by atoms with van der Waals surface area (Å²) >= 11 is 0. The van der Waals surface area contributed by atoms with Crippen molar-refractivity contribution in [3.63, 3.8) is 0 Å². The first-order chi connectivity index (χ1) is 18.4. The predicted molar refractivity (Wildman–Crippen MR) is 134 cm³/mol. The van der Waals surface area contributed by atoms with Crippen LogP contribution in [0.25, 0.3) is 0 Å². The third kappa shape index (κ3) is 7.08. The fraction of sp³-hybridized carbons (Fsp3) is 0.440. The minimum Gasteiger partial charge on any atom is -0.491 e. The SMILES string of the molecule is O=C1C[C@@H](C(=O)NCCN2CCCC2=O)NC(=O)c2ccccc2OCCNC(=O)[C@H](Cc2cnc[nH]2)N1. The summed E-state index contributed by atoms with van der Waals surface area (Å²) in [6.07, 6.45) is 4.02. The topological polar surface area (TPSA) is 175 Å². The molecule has 0 bridgehead atoms. The molecule has 0 aliphatic carbocycles. The molecule has 0 spiro atoms. The number of benzene rings is 1. The first-order valence-corrected chi connectivity index (χ1v) is 12.5. The lowest BCUT2D eigenvalue weighted by Gasteiger charge is -2.23. The van der Waals surface area contributed by atoms with Gasteiger partial charge >= 0.3 is 0 Å². The number of carbonyl (C=O) groups excluding carboxylic acids is 5. The third-order valence-electron chi connectivity index (χ3n) is 6.28. The molecule has 0 unspecified atom stereocenters. The van der Waals surface area contributed by atoms with Gasteiger partial charge in [-0.25, -0.2) is 4.98 Å². The Bertz CT molecular complexity index is 1170. The number of hydrogen-bond donors (Lipinski definition) is 5. The number of nitrogens with one attached hydrogen (secondary N) is 5. The fourth-order valence-electron chi connectivity index (χ4n) is 4.33. The van der Waals surface area contributed by atoms with Crippen molar-refractivity contribution in [3.8, 4) is 5.75 Å². The highest BCUT2D eigenvalue weighted by molar-refractivity contribution is 6.01. The van der Waals surface area contributed by atoms with Crippen LogP contribution in [0.15, 0.2) is 36.8 Å². The van der Waals surface area contributed by atoms with Gasteiger partial charge in [-0.15, -0.1) is 0 Å². The number of likely N-dealkylation sites (tertiary alicyclic amines) is 1. The zero-order chi connectivity index (χ0) is 26.9. The number of aromatic nitrogens is 2. The number of carbonyl (C=O) groups is 5. The normalized spacial score (nSPS) is 20.9. The Balaban J connectivity index is 1.51. The highest BCUT2D eigenvalue weighted by Gasteiger charge is 2.29. The summed E-state index contributed by atoms with van der Waals surface area (Å²) in [6.45, 7) is 1.37. The van der Waals surface area contributed by atoms with Crippen LogP contribution in [0.5, 0.6) is 5.75 Å². The second-order valence-corrected chi connectivity index (χ2v) is 9.04. The van der Waals surface area contributed by atoms with Crippen LogP contribution in [0, 0.1) is 0 Å². The van der Waals surface area contributed by atoms with Gasteiger partial charge in [-0.1, -0.05) is 12.1 Å². The quantitative estimate of drug-likeness (QED) is 0.317. The van der Waals surface area contributed by atoms with E-state index in [1.165, 1.54) is 6.33 Å². The van der Waals surface area contributed by atoms with Crippen molar-refractivity contribution in [2.24, 2.45) is 0 Å². The summed E-state index contributed by atoms with van der Waals surface area (Å²) in [7, 11) is 0. The van der Waals surface area contributed by atoms with Crippen LogP contribution in [0.3, 0.4) is 0 Å². The average Bonchev–Trinajstić information content (AvgIpc) is 3.57. The van der Waals surface area contributed by atoms with Crippen LogP contribution in [-0.2, 0) is 25.6 Å². The van der Waals surface area contributed by atoms with Gasteiger partial charge in [0.2, 0.25) is 23.6 Å². The second kappa shape index (κ2) is 12.7. The molecule has 13 heteroatoms.